The molecule has 1 aromatic rings. The van der Waals surface area contributed by atoms with E-state index < -0.39 is 0 Å². The van der Waals surface area contributed by atoms with Gasteiger partial charge in [-0.25, -0.2) is 4.79 Å². The van der Waals surface area contributed by atoms with Gasteiger partial charge in [-0.2, -0.15) is 0 Å². The summed E-state index contributed by atoms with van der Waals surface area (Å²) in [7, 11) is 1.40. The molecule has 1 aromatic carbocycles. The number of benzene rings is 1. The molecule has 176 valence electrons. The minimum atomic E-state index is -0.280. The van der Waals surface area contributed by atoms with Gasteiger partial charge >= 0.3 is 6.09 Å². The van der Waals surface area contributed by atoms with Crippen LogP contribution in [0, 0.1) is 0 Å². The highest BCUT2D eigenvalue weighted by Crippen LogP contribution is 2.22. The monoisotopic (exact) mass is 557 g/mol. The van der Waals surface area contributed by atoms with Crippen LogP contribution in [0.4, 0.5) is 4.79 Å². The highest BCUT2D eigenvalue weighted by Gasteiger charge is 2.34. The van der Waals surface area contributed by atoms with Gasteiger partial charge in [0.15, 0.2) is 5.96 Å². The average molecular weight is 557 g/mol. The molecular weight excluding hydrogens is 525 g/mol. The van der Waals surface area contributed by atoms with E-state index >= 15 is 0 Å². The van der Waals surface area contributed by atoms with Gasteiger partial charge in [-0.05, 0) is 44.7 Å². The molecule has 0 atom stereocenters. The van der Waals surface area contributed by atoms with E-state index in [0.29, 0.717) is 43.7 Å². The lowest BCUT2D eigenvalue weighted by molar-refractivity contribution is 0.0651. The van der Waals surface area contributed by atoms with Gasteiger partial charge in [0.1, 0.15) is 0 Å². The maximum atomic E-state index is 12.4. The van der Waals surface area contributed by atoms with Crippen LogP contribution in [0.25, 0.3) is 0 Å². The fourth-order valence-electron chi connectivity index (χ4n) is 3.86. The van der Waals surface area contributed by atoms with Gasteiger partial charge < -0.3 is 20.3 Å². The third-order valence-corrected chi connectivity index (χ3v) is 5.55. The van der Waals surface area contributed by atoms with Crippen LogP contribution >= 0.6 is 24.0 Å². The van der Waals surface area contributed by atoms with Crippen LogP contribution in [0.1, 0.15) is 53.3 Å². The Kier molecular flexibility index (Phi) is 10.2. The number of rotatable bonds is 7. The first-order valence-corrected chi connectivity index (χ1v) is 10.9. The zero-order valence-electron chi connectivity index (χ0n) is 18.6. The van der Waals surface area contributed by atoms with E-state index in [-0.39, 0.29) is 47.9 Å². The van der Waals surface area contributed by atoms with Crippen molar-refractivity contribution in [2.75, 3.05) is 39.8 Å². The predicted octanol–water partition coefficient (Wildman–Crippen LogP) is 2.47. The van der Waals surface area contributed by atoms with Crippen LogP contribution in [0.5, 0.6) is 0 Å². The normalized spacial score (nSPS) is 16.5. The Morgan fingerprint density at radius 2 is 1.75 bits per heavy atom. The molecule has 32 heavy (non-hydrogen) atoms. The number of likely N-dealkylation sites (tertiary alicyclic amines) is 1. The molecule has 0 spiro atoms. The van der Waals surface area contributed by atoms with Gasteiger partial charge in [0.25, 0.3) is 11.8 Å². The molecule has 0 radical (unpaired) electrons. The number of carbonyl (C=O) groups excluding carboxylic acids is 3. The Morgan fingerprint density at radius 1 is 1.12 bits per heavy atom. The Balaban J connectivity index is 0.00000363. The topological polar surface area (TPSA) is 103 Å². The second-order valence-corrected chi connectivity index (χ2v) is 7.65. The summed E-state index contributed by atoms with van der Waals surface area (Å²) in [5.41, 5.74) is 0.977. The number of guanidine groups is 1. The smallest absolute Gasteiger partial charge is 0.409 e. The standard InChI is InChI=1S/C22H31N5O4.HI/c1-3-23-21(25-16-10-14-26(15-11-16)22(30)31-2)24-12-6-7-13-27-19(28)17-8-4-5-9-18(17)20(27)29;/h4-5,8-9,16H,3,6-7,10-15H2,1-2H3,(H2,23,24,25);1H. The van der Waals surface area contributed by atoms with E-state index in [0.717, 1.165) is 31.8 Å². The van der Waals surface area contributed by atoms with Crippen molar-refractivity contribution in [1.29, 1.82) is 0 Å². The first kappa shape index (κ1) is 25.9. The summed E-state index contributed by atoms with van der Waals surface area (Å²) < 4.78 is 4.77. The number of nitrogens with one attached hydrogen (secondary N) is 2. The molecule has 2 heterocycles. The van der Waals surface area contributed by atoms with Crippen molar-refractivity contribution in [3.8, 4) is 0 Å². The van der Waals surface area contributed by atoms with E-state index in [1.54, 1.807) is 29.2 Å². The molecule has 2 aliphatic heterocycles. The van der Waals surface area contributed by atoms with Gasteiger partial charge in [-0.3, -0.25) is 19.5 Å². The molecule has 10 heteroatoms. The van der Waals surface area contributed by atoms with Gasteiger partial charge in [-0.15, -0.1) is 24.0 Å². The summed E-state index contributed by atoms with van der Waals surface area (Å²) in [6.45, 7) is 5.08. The second-order valence-electron chi connectivity index (χ2n) is 7.65. The summed E-state index contributed by atoms with van der Waals surface area (Å²) in [6, 6.07) is 7.19. The van der Waals surface area contributed by atoms with Crippen molar-refractivity contribution in [1.82, 2.24) is 20.4 Å². The van der Waals surface area contributed by atoms with Gasteiger partial charge in [0.05, 0.1) is 18.2 Å². The number of ether oxygens (including phenoxy) is 1. The third-order valence-electron chi connectivity index (χ3n) is 5.55. The zero-order valence-corrected chi connectivity index (χ0v) is 21.0. The molecule has 0 aliphatic carbocycles. The molecule has 2 aliphatic rings. The lowest BCUT2D eigenvalue weighted by Crippen LogP contribution is -2.49. The maximum absolute atomic E-state index is 12.4. The molecule has 3 rings (SSSR count). The van der Waals surface area contributed by atoms with E-state index in [2.05, 4.69) is 15.6 Å². The van der Waals surface area contributed by atoms with Crippen molar-refractivity contribution in [3.63, 3.8) is 0 Å². The molecule has 0 saturated carbocycles. The summed E-state index contributed by atoms with van der Waals surface area (Å²) in [6.07, 6.45) is 2.85. The number of imide groups is 1. The predicted molar refractivity (Wildman–Crippen MR) is 133 cm³/mol. The number of unbranched alkanes of at least 4 members (excludes halogenated alkanes) is 1. The summed E-state index contributed by atoms with van der Waals surface area (Å²) in [5.74, 6) is 0.328. The minimum absolute atomic E-state index is 0. The molecule has 2 N–H and O–H groups in total. The fourth-order valence-corrected chi connectivity index (χ4v) is 3.86. The first-order valence-electron chi connectivity index (χ1n) is 10.9. The van der Waals surface area contributed by atoms with Gasteiger partial charge in [0.2, 0.25) is 0 Å². The van der Waals surface area contributed by atoms with E-state index in [1.807, 2.05) is 6.92 Å². The molecule has 3 amide bonds. The summed E-state index contributed by atoms with van der Waals surface area (Å²) in [4.78, 5) is 44.0. The Labute approximate surface area is 206 Å². The van der Waals surface area contributed by atoms with Crippen molar-refractivity contribution >= 4 is 47.8 Å². The number of hydrogen-bond donors (Lipinski definition) is 2. The van der Waals surface area contributed by atoms with Gasteiger partial charge in [-0.1, -0.05) is 12.1 Å². The van der Waals surface area contributed by atoms with Crippen LogP contribution < -0.4 is 10.6 Å². The summed E-state index contributed by atoms with van der Waals surface area (Å²) in [5, 5.41) is 6.68. The average Bonchev–Trinajstić information content (AvgIpc) is 3.04. The van der Waals surface area contributed by atoms with Crippen LogP contribution in [-0.2, 0) is 4.74 Å². The van der Waals surface area contributed by atoms with Crippen LogP contribution in [0.3, 0.4) is 0 Å². The van der Waals surface area contributed by atoms with Gasteiger partial charge in [0, 0.05) is 38.8 Å². The Morgan fingerprint density at radius 3 is 2.31 bits per heavy atom. The van der Waals surface area contributed by atoms with Crippen LogP contribution in [0.15, 0.2) is 29.3 Å². The third kappa shape index (κ3) is 6.33. The summed E-state index contributed by atoms with van der Waals surface area (Å²) >= 11 is 0. The minimum Gasteiger partial charge on any atom is -0.453 e. The number of piperidine rings is 1. The molecule has 0 unspecified atom stereocenters. The largest absolute Gasteiger partial charge is 0.453 e. The van der Waals surface area contributed by atoms with Crippen molar-refractivity contribution < 1.29 is 19.1 Å². The van der Waals surface area contributed by atoms with Crippen molar-refractivity contribution in [2.24, 2.45) is 4.99 Å². The first-order chi connectivity index (χ1) is 15.0. The number of hydrogen-bond acceptors (Lipinski definition) is 5. The maximum Gasteiger partial charge on any atom is 0.409 e. The highest BCUT2D eigenvalue weighted by atomic mass is 127. The lowest BCUT2D eigenvalue weighted by Gasteiger charge is -2.32. The number of aliphatic imine (C=N–C) groups is 1. The SMILES string of the molecule is CCNC(=NCCCCN1C(=O)c2ccccc2C1=O)NC1CCN(C(=O)OC)CC1.I. The second kappa shape index (κ2) is 12.6. The van der Waals surface area contributed by atoms with Crippen molar-refractivity contribution in [2.45, 2.75) is 38.6 Å². The number of fused-ring (bicyclic) bond motifs is 1. The molecular formula is C22H32IN5O4. The molecule has 0 aromatic heterocycles. The molecule has 1 fully saturated rings. The number of amides is 3. The number of methoxy groups -OCH3 is 1. The van der Waals surface area contributed by atoms with Crippen molar-refractivity contribution in [3.05, 3.63) is 35.4 Å². The molecule has 0 bridgehead atoms. The van der Waals surface area contributed by atoms with E-state index in [9.17, 15) is 14.4 Å². The van der Waals surface area contributed by atoms with E-state index in [4.69, 9.17) is 4.74 Å². The number of halogens is 1. The van der Waals surface area contributed by atoms with Crippen LogP contribution in [0.2, 0.25) is 0 Å². The van der Waals surface area contributed by atoms with Crippen LogP contribution in [-0.4, -0.2) is 79.5 Å². The highest BCUT2D eigenvalue weighted by molar-refractivity contribution is 14.0. The molecule has 1 saturated heterocycles. The molecule has 9 nitrogen and oxygen atoms in total. The quantitative estimate of drug-likeness (QED) is 0.176. The Hall–Kier alpha value is -2.37. The van der Waals surface area contributed by atoms with E-state index in [1.165, 1.54) is 12.0 Å². The lowest BCUT2D eigenvalue weighted by atomic mass is 10.1. The number of nitrogens with zero attached hydrogens (tertiary/aromatic N) is 3. The fraction of sp³-hybridized carbons (Fsp3) is 0.545. The number of carbonyl (C=O) groups is 3. The zero-order chi connectivity index (χ0) is 22.2. The Bertz CT molecular complexity index is 804.